The lowest BCUT2D eigenvalue weighted by Crippen LogP contribution is -2.79. The third-order valence-electron chi connectivity index (χ3n) is 11.0. The lowest BCUT2D eigenvalue weighted by atomic mass is 9.56. The average molecular weight is 494 g/mol. The fraction of sp³-hybridized carbons (Fsp3) is 0.643. The van der Waals surface area contributed by atoms with E-state index >= 15 is 0 Å². The number of anilines is 1. The van der Waals surface area contributed by atoms with E-state index in [2.05, 4.69) is 31.0 Å². The van der Waals surface area contributed by atoms with Crippen molar-refractivity contribution >= 4 is 17.5 Å². The average Bonchev–Trinajstić information content (AvgIpc) is 3.29. The van der Waals surface area contributed by atoms with Crippen LogP contribution < -0.4 is 14.8 Å². The third-order valence-corrected chi connectivity index (χ3v) is 11.0. The highest BCUT2D eigenvalue weighted by atomic mass is 16.5. The van der Waals surface area contributed by atoms with E-state index in [1.807, 2.05) is 25.8 Å². The number of fused-ring (bicyclic) bond motifs is 5. The largest absolute Gasteiger partial charge is 0.504 e. The van der Waals surface area contributed by atoms with Crippen molar-refractivity contribution in [1.82, 2.24) is 9.80 Å². The molecule has 5 atom stereocenters. The van der Waals surface area contributed by atoms with Gasteiger partial charge in [-0.25, -0.2) is 0 Å². The first-order valence-electron chi connectivity index (χ1n) is 13.1. The molecule has 1 aromatic rings. The van der Waals surface area contributed by atoms with Gasteiger partial charge in [0.05, 0.1) is 22.9 Å². The van der Waals surface area contributed by atoms with Crippen LogP contribution in [0.1, 0.15) is 59.4 Å². The summed E-state index contributed by atoms with van der Waals surface area (Å²) in [6.45, 7) is 12.0. The zero-order chi connectivity index (χ0) is 25.6. The summed E-state index contributed by atoms with van der Waals surface area (Å²) in [7, 11) is 1.94. The van der Waals surface area contributed by atoms with Gasteiger partial charge in [0.25, 0.3) is 0 Å². The van der Waals surface area contributed by atoms with E-state index in [0.29, 0.717) is 17.9 Å². The summed E-state index contributed by atoms with van der Waals surface area (Å²) in [5, 5.41) is 14.3. The number of carbonyl (C=O) groups excluding carboxylic acids is 2. The van der Waals surface area contributed by atoms with Crippen LogP contribution in [0.25, 0.3) is 0 Å². The van der Waals surface area contributed by atoms with Gasteiger partial charge in [0.15, 0.2) is 11.5 Å². The fourth-order valence-corrected chi connectivity index (χ4v) is 9.09. The number of rotatable bonds is 0. The molecule has 6 aliphatic heterocycles. The number of amides is 2. The summed E-state index contributed by atoms with van der Waals surface area (Å²) in [6.07, 6.45) is 5.65. The molecule has 0 aromatic heterocycles. The first kappa shape index (κ1) is 22.5. The standard InChI is InChI=1S/C28H35N3O5/c1-15-7-9-31-14-26-13-27(25(4,5)18(26)12-28(15,31)23(34)30(26)6)16-11-17(32)20-21(19(16)29-22(27)33)35-10-8-24(2,3)36-20/h8,10-11,15,18,32H,7,9,12-14H2,1-6H3,(H,29,33)/t15-,18-,26+,27?,28+/m0/s1. The predicted octanol–water partition coefficient (Wildman–Crippen LogP) is 3.39. The predicted molar refractivity (Wildman–Crippen MR) is 133 cm³/mol. The molecule has 8 nitrogen and oxygen atoms in total. The van der Waals surface area contributed by atoms with Crippen molar-refractivity contribution in [2.75, 3.05) is 25.5 Å². The molecule has 1 saturated carbocycles. The molecule has 1 aromatic carbocycles. The quantitative estimate of drug-likeness (QED) is 0.539. The molecule has 192 valence electrons. The van der Waals surface area contributed by atoms with Gasteiger partial charge in [-0.1, -0.05) is 20.8 Å². The van der Waals surface area contributed by atoms with Gasteiger partial charge in [0.1, 0.15) is 11.1 Å². The van der Waals surface area contributed by atoms with Crippen molar-refractivity contribution < 1.29 is 24.2 Å². The highest BCUT2D eigenvalue weighted by molar-refractivity contribution is 6.10. The minimum atomic E-state index is -0.919. The van der Waals surface area contributed by atoms with Crippen LogP contribution in [0.15, 0.2) is 18.4 Å². The molecule has 6 heterocycles. The molecule has 8 heteroatoms. The Morgan fingerprint density at radius 2 is 1.92 bits per heavy atom. The van der Waals surface area contributed by atoms with Crippen molar-refractivity contribution in [3.63, 3.8) is 0 Å². The second-order valence-electron chi connectivity index (χ2n) is 13.1. The highest BCUT2D eigenvalue weighted by Gasteiger charge is 2.80. The molecule has 4 saturated heterocycles. The molecule has 2 amide bonds. The minimum absolute atomic E-state index is 0.0406. The summed E-state index contributed by atoms with van der Waals surface area (Å²) >= 11 is 0. The van der Waals surface area contributed by atoms with Gasteiger partial charge in [-0.15, -0.1) is 0 Å². The van der Waals surface area contributed by atoms with E-state index in [1.165, 1.54) is 0 Å². The number of benzene rings is 1. The highest BCUT2D eigenvalue weighted by Crippen LogP contribution is 2.73. The molecule has 3 spiro atoms. The third kappa shape index (κ3) is 2.15. The molecule has 8 rings (SSSR count). The Labute approximate surface area is 211 Å². The maximum Gasteiger partial charge on any atom is 0.243 e. The van der Waals surface area contributed by atoms with E-state index in [4.69, 9.17) is 9.47 Å². The van der Waals surface area contributed by atoms with Crippen LogP contribution in [0.3, 0.4) is 0 Å². The molecule has 1 unspecified atom stereocenters. The number of aromatic hydroxyl groups is 1. The van der Waals surface area contributed by atoms with Crippen LogP contribution in [0.2, 0.25) is 0 Å². The van der Waals surface area contributed by atoms with Crippen LogP contribution in [0.4, 0.5) is 5.69 Å². The van der Waals surface area contributed by atoms with Gasteiger partial charge < -0.3 is 24.8 Å². The van der Waals surface area contributed by atoms with Crippen LogP contribution in [-0.4, -0.2) is 63.5 Å². The second kappa shape index (κ2) is 6.21. The number of hydrogen-bond donors (Lipinski definition) is 2. The number of phenols is 1. The molecule has 7 aliphatic rings. The van der Waals surface area contributed by atoms with Gasteiger partial charge in [0.2, 0.25) is 17.6 Å². The van der Waals surface area contributed by atoms with Gasteiger partial charge in [-0.2, -0.15) is 0 Å². The lowest BCUT2D eigenvalue weighted by Gasteiger charge is -2.65. The number of nitrogens with one attached hydrogen (secondary N) is 1. The second-order valence-corrected chi connectivity index (χ2v) is 13.1. The SMILES string of the molecule is C[C@H]1CCN2C[C@]34CC5(C(=O)Nc6c5cc(O)c5c6OC=CC(C)(C)O5)C(C)(C)[C@@H]3C[C@]12C(=O)N4C. The molecule has 0 radical (unpaired) electrons. The van der Waals surface area contributed by atoms with E-state index < -0.39 is 27.5 Å². The molecule has 1 aliphatic carbocycles. The van der Waals surface area contributed by atoms with Crippen LogP contribution in [-0.2, 0) is 15.0 Å². The molecule has 5 fully saturated rings. The Bertz CT molecular complexity index is 1290. The van der Waals surface area contributed by atoms with Crippen LogP contribution >= 0.6 is 0 Å². The van der Waals surface area contributed by atoms with Crippen LogP contribution in [0.5, 0.6) is 17.2 Å². The summed E-state index contributed by atoms with van der Waals surface area (Å²) in [5.74, 6) is 1.05. The zero-order valence-electron chi connectivity index (χ0n) is 21.9. The van der Waals surface area contributed by atoms with Crippen molar-refractivity contribution in [1.29, 1.82) is 0 Å². The first-order valence-corrected chi connectivity index (χ1v) is 13.1. The van der Waals surface area contributed by atoms with Gasteiger partial charge in [-0.3, -0.25) is 14.5 Å². The van der Waals surface area contributed by atoms with Crippen molar-refractivity contribution in [2.45, 2.75) is 76.0 Å². The normalized spacial score (nSPS) is 40.8. The molecule has 36 heavy (non-hydrogen) atoms. The maximum absolute atomic E-state index is 14.2. The minimum Gasteiger partial charge on any atom is -0.504 e. The number of ether oxygens (including phenoxy) is 2. The van der Waals surface area contributed by atoms with E-state index in [-0.39, 0.29) is 35.1 Å². The number of piperazine rings is 1. The number of hydrogen-bond acceptors (Lipinski definition) is 6. The molecule has 2 N–H and O–H groups in total. The Kier molecular flexibility index (Phi) is 3.87. The number of likely N-dealkylation sites (N-methyl/N-ethyl adjacent to an activating group) is 1. The number of piperidine rings is 2. The first-order chi connectivity index (χ1) is 16.8. The Morgan fingerprint density at radius 3 is 2.67 bits per heavy atom. The molecular weight excluding hydrogens is 458 g/mol. The van der Waals surface area contributed by atoms with Crippen LogP contribution in [0, 0.1) is 17.3 Å². The molecular formula is C28H35N3O5. The summed E-state index contributed by atoms with van der Waals surface area (Å²) in [4.78, 5) is 32.5. The molecule has 2 bridgehead atoms. The monoisotopic (exact) mass is 493 g/mol. The number of nitrogens with zero attached hydrogens (tertiary/aromatic N) is 2. The number of phenolic OH excluding ortho intramolecular Hbond substituents is 1. The fourth-order valence-electron chi connectivity index (χ4n) is 9.09. The zero-order valence-corrected chi connectivity index (χ0v) is 21.9. The van der Waals surface area contributed by atoms with E-state index in [0.717, 1.165) is 31.5 Å². The van der Waals surface area contributed by atoms with E-state index in [9.17, 15) is 14.7 Å². The number of carbonyl (C=O) groups is 2. The summed E-state index contributed by atoms with van der Waals surface area (Å²) in [6, 6.07) is 1.70. The van der Waals surface area contributed by atoms with Gasteiger partial charge in [0, 0.05) is 13.6 Å². The summed E-state index contributed by atoms with van der Waals surface area (Å²) < 4.78 is 12.1. The van der Waals surface area contributed by atoms with Gasteiger partial charge >= 0.3 is 0 Å². The summed E-state index contributed by atoms with van der Waals surface area (Å²) in [5.41, 5.74) is -1.70. The van der Waals surface area contributed by atoms with Crippen molar-refractivity contribution in [3.8, 4) is 17.2 Å². The lowest BCUT2D eigenvalue weighted by molar-refractivity contribution is -0.189. The van der Waals surface area contributed by atoms with Crippen molar-refractivity contribution in [3.05, 3.63) is 24.0 Å². The Morgan fingerprint density at radius 1 is 1.17 bits per heavy atom. The van der Waals surface area contributed by atoms with Gasteiger partial charge in [-0.05, 0) is 74.6 Å². The Hall–Kier alpha value is -2.74. The van der Waals surface area contributed by atoms with E-state index in [1.54, 1.807) is 18.4 Å². The topological polar surface area (TPSA) is 91.3 Å². The van der Waals surface area contributed by atoms with Crippen molar-refractivity contribution in [2.24, 2.45) is 17.3 Å². The Balaban J connectivity index is 1.44. The maximum atomic E-state index is 14.2. The smallest absolute Gasteiger partial charge is 0.243 e.